The monoisotopic (exact) mass is 333 g/mol. The van der Waals surface area contributed by atoms with Crippen LogP contribution >= 0.6 is 0 Å². The molecule has 1 amide bonds. The van der Waals surface area contributed by atoms with Crippen LogP contribution < -0.4 is 10.2 Å². The van der Waals surface area contributed by atoms with Gasteiger partial charge in [0.15, 0.2) is 0 Å². The summed E-state index contributed by atoms with van der Waals surface area (Å²) in [6.07, 6.45) is 6.68. The molecule has 0 saturated carbocycles. The summed E-state index contributed by atoms with van der Waals surface area (Å²) in [5.74, 6) is 1.04. The fourth-order valence-corrected chi connectivity index (χ4v) is 3.19. The van der Waals surface area contributed by atoms with Crippen LogP contribution in [0.15, 0.2) is 18.3 Å². The van der Waals surface area contributed by atoms with Gasteiger partial charge in [0.1, 0.15) is 5.82 Å². The molecule has 1 aromatic rings. The number of aromatic nitrogens is 1. The summed E-state index contributed by atoms with van der Waals surface area (Å²) in [5.41, 5.74) is 1.01. The maximum Gasteiger partial charge on any atom is 0.220 e. The van der Waals surface area contributed by atoms with E-state index < -0.39 is 0 Å². The Morgan fingerprint density at radius 2 is 2.17 bits per heavy atom. The Bertz CT molecular complexity index is 520. The number of amides is 1. The van der Waals surface area contributed by atoms with Crippen molar-refractivity contribution < 1.29 is 9.90 Å². The number of pyridine rings is 1. The van der Waals surface area contributed by atoms with E-state index in [-0.39, 0.29) is 17.9 Å². The van der Waals surface area contributed by atoms with E-state index >= 15 is 0 Å². The Hall–Kier alpha value is -1.62. The second kappa shape index (κ2) is 8.47. The van der Waals surface area contributed by atoms with E-state index in [9.17, 15) is 9.90 Å². The van der Waals surface area contributed by atoms with Crippen LogP contribution in [0.25, 0.3) is 0 Å². The van der Waals surface area contributed by atoms with Crippen LogP contribution in [-0.2, 0) is 11.3 Å². The highest BCUT2D eigenvalue weighted by molar-refractivity contribution is 5.76. The molecule has 1 aliphatic rings. The SMILES string of the molecule is CC(C)(C)CC(=O)NCc1ccc(N2CCCC[C@@H]2CCO)nc1. The summed E-state index contributed by atoms with van der Waals surface area (Å²) in [6, 6.07) is 4.44. The van der Waals surface area contributed by atoms with Crippen molar-refractivity contribution >= 4 is 11.7 Å². The van der Waals surface area contributed by atoms with Crippen molar-refractivity contribution in [1.29, 1.82) is 0 Å². The van der Waals surface area contributed by atoms with Crippen LogP contribution in [0.3, 0.4) is 0 Å². The fraction of sp³-hybridized carbons (Fsp3) is 0.684. The van der Waals surface area contributed by atoms with E-state index in [0.717, 1.165) is 30.8 Å². The Kier molecular flexibility index (Phi) is 6.60. The molecule has 1 aromatic heterocycles. The molecular weight excluding hydrogens is 302 g/mol. The average molecular weight is 333 g/mol. The zero-order valence-corrected chi connectivity index (χ0v) is 15.2. The van der Waals surface area contributed by atoms with Crippen molar-refractivity contribution in [3.63, 3.8) is 0 Å². The number of carbonyl (C=O) groups is 1. The first-order chi connectivity index (χ1) is 11.4. The van der Waals surface area contributed by atoms with Gasteiger partial charge in [0.25, 0.3) is 0 Å². The van der Waals surface area contributed by atoms with Gasteiger partial charge < -0.3 is 15.3 Å². The van der Waals surface area contributed by atoms with Crippen molar-refractivity contribution in [3.8, 4) is 0 Å². The van der Waals surface area contributed by atoms with Gasteiger partial charge in [0.2, 0.25) is 5.91 Å². The molecule has 24 heavy (non-hydrogen) atoms. The van der Waals surface area contributed by atoms with Crippen LogP contribution in [0.4, 0.5) is 5.82 Å². The number of hydrogen-bond donors (Lipinski definition) is 2. The molecule has 0 bridgehead atoms. The third-order valence-electron chi connectivity index (χ3n) is 4.37. The Balaban J connectivity index is 1.91. The number of nitrogens with zero attached hydrogens (tertiary/aromatic N) is 2. The molecule has 1 aliphatic heterocycles. The molecule has 2 rings (SSSR count). The van der Waals surface area contributed by atoms with Crippen molar-refractivity contribution in [2.45, 2.75) is 65.5 Å². The van der Waals surface area contributed by atoms with E-state index in [1.807, 2.05) is 18.3 Å². The van der Waals surface area contributed by atoms with Gasteiger partial charge in [-0.05, 0) is 42.7 Å². The number of aliphatic hydroxyl groups is 1. The van der Waals surface area contributed by atoms with E-state index in [0.29, 0.717) is 19.0 Å². The predicted molar refractivity (Wildman–Crippen MR) is 96.8 cm³/mol. The van der Waals surface area contributed by atoms with Crippen molar-refractivity contribution in [2.75, 3.05) is 18.1 Å². The minimum atomic E-state index is 0.00215. The molecule has 0 aliphatic carbocycles. The minimum absolute atomic E-state index is 0.00215. The first-order valence-corrected chi connectivity index (χ1v) is 8.98. The van der Waals surface area contributed by atoms with Gasteiger partial charge in [0.05, 0.1) is 0 Å². The first-order valence-electron chi connectivity index (χ1n) is 8.98. The maximum absolute atomic E-state index is 11.9. The van der Waals surface area contributed by atoms with Crippen molar-refractivity contribution in [1.82, 2.24) is 10.3 Å². The predicted octanol–water partition coefficient (Wildman–Crippen LogP) is 2.88. The highest BCUT2D eigenvalue weighted by Crippen LogP contribution is 2.25. The summed E-state index contributed by atoms with van der Waals surface area (Å²) in [6.45, 7) is 7.92. The third kappa shape index (κ3) is 5.78. The van der Waals surface area contributed by atoms with Gasteiger partial charge in [-0.15, -0.1) is 0 Å². The highest BCUT2D eigenvalue weighted by atomic mass is 16.3. The van der Waals surface area contributed by atoms with Crippen LogP contribution in [0.5, 0.6) is 0 Å². The zero-order valence-electron chi connectivity index (χ0n) is 15.2. The molecule has 2 heterocycles. The molecule has 1 atom stereocenters. The number of anilines is 1. The largest absolute Gasteiger partial charge is 0.396 e. The second-order valence-electron chi connectivity index (χ2n) is 7.89. The van der Waals surface area contributed by atoms with E-state index in [1.165, 1.54) is 12.8 Å². The lowest BCUT2D eigenvalue weighted by atomic mass is 9.92. The van der Waals surface area contributed by atoms with Crippen LogP contribution in [0, 0.1) is 5.41 Å². The number of aliphatic hydroxyl groups excluding tert-OH is 1. The smallest absolute Gasteiger partial charge is 0.220 e. The van der Waals surface area contributed by atoms with E-state index in [2.05, 4.69) is 36.0 Å². The first kappa shape index (κ1) is 18.7. The molecule has 5 nitrogen and oxygen atoms in total. The van der Waals surface area contributed by atoms with Gasteiger partial charge in [-0.1, -0.05) is 26.8 Å². The lowest BCUT2D eigenvalue weighted by molar-refractivity contribution is -0.122. The van der Waals surface area contributed by atoms with Crippen molar-refractivity contribution in [3.05, 3.63) is 23.9 Å². The Labute approximate surface area is 145 Å². The maximum atomic E-state index is 11.9. The minimum Gasteiger partial charge on any atom is -0.396 e. The summed E-state index contributed by atoms with van der Waals surface area (Å²) in [4.78, 5) is 18.8. The van der Waals surface area contributed by atoms with Gasteiger partial charge in [-0.2, -0.15) is 0 Å². The lowest BCUT2D eigenvalue weighted by Crippen LogP contribution is -2.40. The quantitative estimate of drug-likeness (QED) is 0.840. The number of carbonyl (C=O) groups excluding carboxylic acids is 1. The number of piperidine rings is 1. The van der Waals surface area contributed by atoms with Gasteiger partial charge in [-0.25, -0.2) is 4.98 Å². The van der Waals surface area contributed by atoms with Gasteiger partial charge in [-0.3, -0.25) is 4.79 Å². The number of rotatable bonds is 6. The molecule has 0 aromatic carbocycles. The molecule has 2 N–H and O–H groups in total. The standard InChI is InChI=1S/C19H31N3O2/c1-19(2,3)12-18(24)21-14-15-7-8-17(20-13-15)22-10-5-4-6-16(22)9-11-23/h7-8,13,16,23H,4-6,9-12,14H2,1-3H3,(H,21,24)/t16-/m1/s1. The molecule has 134 valence electrons. The normalized spacial score (nSPS) is 18.5. The number of nitrogens with one attached hydrogen (secondary N) is 1. The topological polar surface area (TPSA) is 65.5 Å². The Morgan fingerprint density at radius 3 is 2.79 bits per heavy atom. The average Bonchev–Trinajstić information content (AvgIpc) is 2.53. The molecule has 1 fully saturated rings. The van der Waals surface area contributed by atoms with Crippen LogP contribution in [0.1, 0.15) is 58.4 Å². The van der Waals surface area contributed by atoms with Gasteiger partial charge in [0, 0.05) is 38.4 Å². The van der Waals surface area contributed by atoms with Crippen LogP contribution in [-0.4, -0.2) is 35.2 Å². The summed E-state index contributed by atoms with van der Waals surface area (Å²) in [7, 11) is 0. The molecule has 0 unspecified atom stereocenters. The van der Waals surface area contributed by atoms with Crippen molar-refractivity contribution in [2.24, 2.45) is 5.41 Å². The van der Waals surface area contributed by atoms with E-state index in [1.54, 1.807) is 0 Å². The highest BCUT2D eigenvalue weighted by Gasteiger charge is 2.23. The molecule has 0 spiro atoms. The molecule has 0 radical (unpaired) electrons. The zero-order chi connectivity index (χ0) is 17.6. The van der Waals surface area contributed by atoms with Gasteiger partial charge >= 0.3 is 0 Å². The summed E-state index contributed by atoms with van der Waals surface area (Å²) >= 11 is 0. The third-order valence-corrected chi connectivity index (χ3v) is 4.37. The van der Waals surface area contributed by atoms with Crippen LogP contribution in [0.2, 0.25) is 0 Å². The van der Waals surface area contributed by atoms with E-state index in [4.69, 9.17) is 0 Å². The summed E-state index contributed by atoms with van der Waals surface area (Å²) in [5, 5.41) is 12.2. The molecular formula is C19H31N3O2. The lowest BCUT2D eigenvalue weighted by Gasteiger charge is -2.36. The fourth-order valence-electron chi connectivity index (χ4n) is 3.19. The Morgan fingerprint density at radius 1 is 1.38 bits per heavy atom. The molecule has 1 saturated heterocycles. The molecule has 5 heteroatoms. The summed E-state index contributed by atoms with van der Waals surface area (Å²) < 4.78 is 0. The second-order valence-corrected chi connectivity index (χ2v) is 7.89. The number of hydrogen-bond acceptors (Lipinski definition) is 4.